The molecule has 1 aromatic carbocycles. The molecular formula is C15H23FN2O3. The Kier molecular flexibility index (Phi) is 7.53. The molecule has 0 aliphatic rings. The molecule has 0 heterocycles. The quantitative estimate of drug-likeness (QED) is 0.686. The third-order valence-corrected chi connectivity index (χ3v) is 3.15. The summed E-state index contributed by atoms with van der Waals surface area (Å²) in [5.41, 5.74) is 0.884. The van der Waals surface area contributed by atoms with Crippen molar-refractivity contribution in [1.82, 2.24) is 10.6 Å². The van der Waals surface area contributed by atoms with Crippen LogP contribution < -0.4 is 15.4 Å². The van der Waals surface area contributed by atoms with Crippen LogP contribution in [-0.4, -0.2) is 37.4 Å². The number of hydrogen-bond donors (Lipinski definition) is 3. The number of ether oxygens (including phenoxy) is 1. The van der Waals surface area contributed by atoms with Gasteiger partial charge in [0.05, 0.1) is 13.2 Å². The summed E-state index contributed by atoms with van der Waals surface area (Å²) in [6, 6.07) is 4.36. The van der Waals surface area contributed by atoms with Crippen molar-refractivity contribution in [3.05, 3.63) is 29.6 Å². The predicted octanol–water partition coefficient (Wildman–Crippen LogP) is 1.84. The fourth-order valence-electron chi connectivity index (χ4n) is 1.80. The fraction of sp³-hybridized carbons (Fsp3) is 0.533. The smallest absolute Gasteiger partial charge is 0.314 e. The van der Waals surface area contributed by atoms with Crippen molar-refractivity contribution in [2.45, 2.75) is 32.3 Å². The molecule has 2 amide bonds. The summed E-state index contributed by atoms with van der Waals surface area (Å²) in [6.45, 7) is 2.77. The molecule has 0 spiro atoms. The van der Waals surface area contributed by atoms with Crippen LogP contribution in [-0.2, 0) is 6.42 Å². The molecule has 0 fully saturated rings. The van der Waals surface area contributed by atoms with E-state index in [1.807, 2.05) is 6.92 Å². The van der Waals surface area contributed by atoms with Crippen LogP contribution in [0.2, 0.25) is 0 Å². The van der Waals surface area contributed by atoms with E-state index in [0.29, 0.717) is 32.4 Å². The van der Waals surface area contributed by atoms with Crippen molar-refractivity contribution in [3.8, 4) is 5.75 Å². The molecule has 3 N–H and O–H groups in total. The van der Waals surface area contributed by atoms with Gasteiger partial charge < -0.3 is 20.5 Å². The van der Waals surface area contributed by atoms with Gasteiger partial charge in [-0.1, -0.05) is 13.0 Å². The normalized spacial score (nSPS) is 11.8. The van der Waals surface area contributed by atoms with Gasteiger partial charge in [-0.05, 0) is 37.0 Å². The number of rotatable bonds is 8. The summed E-state index contributed by atoms with van der Waals surface area (Å²) in [7, 11) is 1.42. The molecule has 0 saturated carbocycles. The second kappa shape index (κ2) is 9.18. The van der Waals surface area contributed by atoms with Crippen molar-refractivity contribution >= 4 is 6.03 Å². The van der Waals surface area contributed by atoms with Crippen molar-refractivity contribution in [2.75, 3.05) is 20.2 Å². The lowest BCUT2D eigenvalue weighted by Gasteiger charge is -2.10. The molecule has 0 aliphatic carbocycles. The molecule has 1 aromatic rings. The maximum Gasteiger partial charge on any atom is 0.314 e. The highest BCUT2D eigenvalue weighted by Gasteiger charge is 2.05. The Labute approximate surface area is 124 Å². The highest BCUT2D eigenvalue weighted by molar-refractivity contribution is 5.73. The van der Waals surface area contributed by atoms with Crippen LogP contribution in [0.5, 0.6) is 5.75 Å². The number of urea groups is 1. The highest BCUT2D eigenvalue weighted by atomic mass is 19.1. The third kappa shape index (κ3) is 6.44. The number of methoxy groups -OCH3 is 1. The second-order valence-electron chi connectivity index (χ2n) is 4.75. The zero-order valence-electron chi connectivity index (χ0n) is 12.5. The highest BCUT2D eigenvalue weighted by Crippen LogP contribution is 2.18. The zero-order valence-corrected chi connectivity index (χ0v) is 12.5. The molecular weight excluding hydrogens is 275 g/mol. The summed E-state index contributed by atoms with van der Waals surface area (Å²) in [6.07, 6.45) is 1.42. The van der Waals surface area contributed by atoms with Gasteiger partial charge in [-0.25, -0.2) is 9.18 Å². The van der Waals surface area contributed by atoms with E-state index in [0.717, 1.165) is 5.56 Å². The van der Waals surface area contributed by atoms with E-state index in [1.54, 1.807) is 12.1 Å². The molecule has 0 aliphatic heterocycles. The maximum atomic E-state index is 13.2. The molecule has 0 aromatic heterocycles. The van der Waals surface area contributed by atoms with Gasteiger partial charge in [-0.15, -0.1) is 0 Å². The van der Waals surface area contributed by atoms with E-state index < -0.39 is 5.82 Å². The molecule has 1 rings (SSSR count). The Morgan fingerprint density at radius 1 is 1.38 bits per heavy atom. The number of carbonyl (C=O) groups is 1. The van der Waals surface area contributed by atoms with Crippen LogP contribution in [0, 0.1) is 5.82 Å². The number of aliphatic hydroxyl groups excluding tert-OH is 1. The lowest BCUT2D eigenvalue weighted by molar-refractivity contribution is 0.160. The lowest BCUT2D eigenvalue weighted by atomic mass is 10.1. The van der Waals surface area contributed by atoms with Gasteiger partial charge in [0.15, 0.2) is 11.6 Å². The van der Waals surface area contributed by atoms with Crippen LogP contribution in [0.15, 0.2) is 18.2 Å². The lowest BCUT2D eigenvalue weighted by Crippen LogP contribution is -2.37. The number of aliphatic hydroxyl groups is 1. The Bertz CT molecular complexity index is 455. The summed E-state index contributed by atoms with van der Waals surface area (Å²) in [5, 5.41) is 14.7. The van der Waals surface area contributed by atoms with Gasteiger partial charge in [0.25, 0.3) is 0 Å². The molecule has 5 nitrogen and oxygen atoms in total. The van der Waals surface area contributed by atoms with Crippen LogP contribution >= 0.6 is 0 Å². The second-order valence-corrected chi connectivity index (χ2v) is 4.75. The van der Waals surface area contributed by atoms with Crippen LogP contribution in [0.25, 0.3) is 0 Å². The average Bonchev–Trinajstić information content (AvgIpc) is 2.48. The van der Waals surface area contributed by atoms with E-state index in [2.05, 4.69) is 10.6 Å². The molecule has 1 atom stereocenters. The maximum absolute atomic E-state index is 13.2. The minimum absolute atomic E-state index is 0.200. The number of hydrogen-bond acceptors (Lipinski definition) is 3. The summed E-state index contributed by atoms with van der Waals surface area (Å²) >= 11 is 0. The molecule has 6 heteroatoms. The first-order valence-corrected chi connectivity index (χ1v) is 7.09. The Morgan fingerprint density at radius 3 is 2.76 bits per heavy atom. The third-order valence-electron chi connectivity index (χ3n) is 3.15. The molecule has 0 radical (unpaired) electrons. The largest absolute Gasteiger partial charge is 0.494 e. The first-order chi connectivity index (χ1) is 10.1. The van der Waals surface area contributed by atoms with Crippen molar-refractivity contribution in [3.63, 3.8) is 0 Å². The molecule has 0 bridgehead atoms. The van der Waals surface area contributed by atoms with Gasteiger partial charge >= 0.3 is 6.03 Å². The van der Waals surface area contributed by atoms with Crippen LogP contribution in [0.4, 0.5) is 9.18 Å². The van der Waals surface area contributed by atoms with Gasteiger partial charge in [0.1, 0.15) is 0 Å². The minimum atomic E-state index is -0.401. The summed E-state index contributed by atoms with van der Waals surface area (Å²) < 4.78 is 18.1. The van der Waals surface area contributed by atoms with Gasteiger partial charge in [-0.2, -0.15) is 0 Å². The van der Waals surface area contributed by atoms with E-state index in [-0.39, 0.29) is 17.9 Å². The molecule has 1 unspecified atom stereocenters. The molecule has 0 saturated heterocycles. The van der Waals surface area contributed by atoms with Crippen molar-refractivity contribution in [1.29, 1.82) is 0 Å². The van der Waals surface area contributed by atoms with Crippen molar-refractivity contribution < 1.29 is 19.0 Å². The Hall–Kier alpha value is -1.82. The first-order valence-electron chi connectivity index (χ1n) is 7.09. The number of carbonyl (C=O) groups excluding carboxylic acids is 1. The van der Waals surface area contributed by atoms with Gasteiger partial charge in [0.2, 0.25) is 0 Å². The van der Waals surface area contributed by atoms with Gasteiger partial charge in [0, 0.05) is 13.1 Å². The summed E-state index contributed by atoms with van der Waals surface area (Å²) in [4.78, 5) is 11.5. The fourth-order valence-corrected chi connectivity index (χ4v) is 1.80. The van der Waals surface area contributed by atoms with E-state index in [1.165, 1.54) is 13.2 Å². The molecule has 118 valence electrons. The van der Waals surface area contributed by atoms with E-state index in [9.17, 15) is 14.3 Å². The molecule has 21 heavy (non-hydrogen) atoms. The SMILES string of the molecule is CCC(O)CCNC(=O)NCCc1ccc(F)c(OC)c1. The van der Waals surface area contributed by atoms with Crippen molar-refractivity contribution in [2.24, 2.45) is 0 Å². The monoisotopic (exact) mass is 298 g/mol. The Morgan fingerprint density at radius 2 is 2.10 bits per heavy atom. The first kappa shape index (κ1) is 17.2. The number of halogens is 1. The Balaban J connectivity index is 2.25. The number of nitrogens with one attached hydrogen (secondary N) is 2. The van der Waals surface area contributed by atoms with E-state index in [4.69, 9.17) is 4.74 Å². The topological polar surface area (TPSA) is 70.6 Å². The predicted molar refractivity (Wildman–Crippen MR) is 79.0 cm³/mol. The standard InChI is InChI=1S/C15H23FN2O3/c1-3-12(19)7-9-18-15(20)17-8-6-11-4-5-13(16)14(10-11)21-2/h4-5,10,12,19H,3,6-9H2,1-2H3,(H2,17,18,20). The van der Waals surface area contributed by atoms with Crippen LogP contribution in [0.3, 0.4) is 0 Å². The number of benzene rings is 1. The number of amides is 2. The van der Waals surface area contributed by atoms with Gasteiger partial charge in [-0.3, -0.25) is 0 Å². The zero-order chi connectivity index (χ0) is 15.7. The summed E-state index contributed by atoms with van der Waals surface area (Å²) in [5.74, 6) is -0.202. The minimum Gasteiger partial charge on any atom is -0.494 e. The van der Waals surface area contributed by atoms with E-state index >= 15 is 0 Å². The van der Waals surface area contributed by atoms with Crippen LogP contribution in [0.1, 0.15) is 25.3 Å². The average molecular weight is 298 g/mol.